The van der Waals surface area contributed by atoms with Crippen LogP contribution >= 0.6 is 0 Å². The lowest BCUT2D eigenvalue weighted by Crippen LogP contribution is -2.41. The largest absolute Gasteiger partial charge is 0.492 e. The van der Waals surface area contributed by atoms with E-state index < -0.39 is 0 Å². The maximum Gasteiger partial charge on any atom is 0.323 e. The maximum atomic E-state index is 12.4. The number of fused-ring (bicyclic) bond motifs is 1. The quantitative estimate of drug-likeness (QED) is 0.621. The molecule has 0 aromatic heterocycles. The minimum Gasteiger partial charge on any atom is -0.492 e. The Bertz CT molecular complexity index is 1090. The Balaban J connectivity index is 1.40. The number of para-hydroxylation sites is 1. The minimum atomic E-state index is -0.360. The Morgan fingerprint density at radius 3 is 2.61 bits per heavy atom. The Labute approximate surface area is 180 Å². The van der Waals surface area contributed by atoms with Gasteiger partial charge in [-0.25, -0.2) is 4.79 Å². The van der Waals surface area contributed by atoms with Crippen LogP contribution in [0.3, 0.4) is 0 Å². The molecule has 7 heteroatoms. The SMILES string of the molecule is Cc1cccc(OCCN2C(=O)COc3cc(NC(=O)Nc4ccccc4)ccc32)c1. The number of aryl methyl sites for hydroxylation is 1. The summed E-state index contributed by atoms with van der Waals surface area (Å²) in [6.45, 7) is 2.69. The molecule has 0 saturated carbocycles. The molecule has 31 heavy (non-hydrogen) atoms. The molecule has 7 nitrogen and oxygen atoms in total. The highest BCUT2D eigenvalue weighted by molar-refractivity contribution is 6.01. The van der Waals surface area contributed by atoms with Gasteiger partial charge >= 0.3 is 6.03 Å². The molecular formula is C24H23N3O4. The van der Waals surface area contributed by atoms with Crippen LogP contribution in [-0.2, 0) is 4.79 Å². The third-order valence-electron chi connectivity index (χ3n) is 4.77. The van der Waals surface area contributed by atoms with E-state index >= 15 is 0 Å². The molecule has 0 fully saturated rings. The third-order valence-corrected chi connectivity index (χ3v) is 4.77. The van der Waals surface area contributed by atoms with E-state index in [-0.39, 0.29) is 18.5 Å². The first kappa shape index (κ1) is 20.3. The van der Waals surface area contributed by atoms with Crippen LogP contribution in [0.15, 0.2) is 72.8 Å². The van der Waals surface area contributed by atoms with Gasteiger partial charge in [-0.15, -0.1) is 0 Å². The van der Waals surface area contributed by atoms with Gasteiger partial charge in [0.2, 0.25) is 0 Å². The predicted octanol–water partition coefficient (Wildman–Crippen LogP) is 4.44. The van der Waals surface area contributed by atoms with Gasteiger partial charge in [-0.1, -0.05) is 30.3 Å². The van der Waals surface area contributed by atoms with Crippen LogP contribution in [0, 0.1) is 6.92 Å². The highest BCUT2D eigenvalue weighted by Gasteiger charge is 2.25. The first-order valence-electron chi connectivity index (χ1n) is 9.98. The average Bonchev–Trinajstić information content (AvgIpc) is 2.76. The second kappa shape index (κ2) is 9.21. The van der Waals surface area contributed by atoms with Crippen molar-refractivity contribution in [2.45, 2.75) is 6.92 Å². The first-order valence-corrected chi connectivity index (χ1v) is 9.98. The molecule has 0 aliphatic carbocycles. The Kier molecular flexibility index (Phi) is 6.03. The smallest absolute Gasteiger partial charge is 0.323 e. The number of carbonyl (C=O) groups excluding carboxylic acids is 2. The molecule has 0 atom stereocenters. The van der Waals surface area contributed by atoms with Gasteiger partial charge in [-0.2, -0.15) is 0 Å². The van der Waals surface area contributed by atoms with Gasteiger partial charge in [0.15, 0.2) is 6.61 Å². The molecule has 0 spiro atoms. The van der Waals surface area contributed by atoms with Crippen molar-refractivity contribution >= 4 is 29.0 Å². The van der Waals surface area contributed by atoms with Crippen LogP contribution in [0.2, 0.25) is 0 Å². The minimum absolute atomic E-state index is 0.0584. The van der Waals surface area contributed by atoms with Gasteiger partial charge in [0, 0.05) is 17.4 Å². The van der Waals surface area contributed by atoms with Crippen molar-refractivity contribution in [2.24, 2.45) is 0 Å². The molecule has 1 heterocycles. The molecule has 1 aliphatic rings. The molecule has 3 aromatic carbocycles. The van der Waals surface area contributed by atoms with Gasteiger partial charge in [0.25, 0.3) is 5.91 Å². The summed E-state index contributed by atoms with van der Waals surface area (Å²) in [6.07, 6.45) is 0. The zero-order chi connectivity index (χ0) is 21.6. The van der Waals surface area contributed by atoms with E-state index in [1.807, 2.05) is 49.4 Å². The summed E-state index contributed by atoms with van der Waals surface area (Å²) in [6, 6.07) is 21.8. The summed E-state index contributed by atoms with van der Waals surface area (Å²) in [7, 11) is 0. The molecule has 3 aromatic rings. The lowest BCUT2D eigenvalue weighted by molar-refractivity contribution is -0.121. The van der Waals surface area contributed by atoms with Gasteiger partial charge in [0.05, 0.1) is 12.2 Å². The summed E-state index contributed by atoms with van der Waals surface area (Å²) in [5.74, 6) is 1.17. The highest BCUT2D eigenvalue weighted by Crippen LogP contribution is 2.34. The number of urea groups is 1. The van der Waals surface area contributed by atoms with Crippen molar-refractivity contribution in [2.75, 3.05) is 35.3 Å². The van der Waals surface area contributed by atoms with Crippen LogP contribution in [-0.4, -0.2) is 31.7 Å². The second-order valence-electron chi connectivity index (χ2n) is 7.13. The molecule has 4 rings (SSSR count). The molecule has 3 amide bonds. The summed E-state index contributed by atoms with van der Waals surface area (Å²) < 4.78 is 11.4. The normalized spacial score (nSPS) is 12.5. The van der Waals surface area contributed by atoms with E-state index in [1.54, 1.807) is 35.2 Å². The first-order chi connectivity index (χ1) is 15.1. The lowest BCUT2D eigenvalue weighted by Gasteiger charge is -2.29. The van der Waals surface area contributed by atoms with Crippen molar-refractivity contribution in [1.29, 1.82) is 0 Å². The van der Waals surface area contributed by atoms with Crippen LogP contribution < -0.4 is 25.0 Å². The number of anilines is 3. The maximum absolute atomic E-state index is 12.4. The Morgan fingerprint density at radius 1 is 1.00 bits per heavy atom. The van der Waals surface area contributed by atoms with Gasteiger partial charge in [0.1, 0.15) is 18.1 Å². The van der Waals surface area contributed by atoms with E-state index in [0.29, 0.717) is 36.0 Å². The topological polar surface area (TPSA) is 79.9 Å². The highest BCUT2D eigenvalue weighted by atomic mass is 16.5. The number of rotatable bonds is 6. The van der Waals surface area contributed by atoms with E-state index in [0.717, 1.165) is 11.3 Å². The van der Waals surface area contributed by atoms with Crippen molar-refractivity contribution in [3.63, 3.8) is 0 Å². The molecule has 2 N–H and O–H groups in total. The molecule has 0 unspecified atom stereocenters. The van der Waals surface area contributed by atoms with Crippen molar-refractivity contribution in [3.05, 3.63) is 78.4 Å². The van der Waals surface area contributed by atoms with Gasteiger partial charge < -0.3 is 25.0 Å². The summed E-state index contributed by atoms with van der Waals surface area (Å²) in [5.41, 5.74) is 3.02. The summed E-state index contributed by atoms with van der Waals surface area (Å²) >= 11 is 0. The van der Waals surface area contributed by atoms with Crippen molar-refractivity contribution in [3.8, 4) is 11.5 Å². The fraction of sp³-hybridized carbons (Fsp3) is 0.167. The van der Waals surface area contributed by atoms with Gasteiger partial charge in [-0.05, 0) is 48.9 Å². The lowest BCUT2D eigenvalue weighted by atomic mass is 10.2. The standard InChI is InChI=1S/C24H23N3O4/c1-17-6-5-9-20(14-17)30-13-12-27-21-11-10-19(15-22(21)31-16-23(27)28)26-24(29)25-18-7-3-2-4-8-18/h2-11,14-15H,12-13,16H2,1H3,(H2,25,26,29). The summed E-state index contributed by atoms with van der Waals surface area (Å²) in [4.78, 5) is 26.2. The van der Waals surface area contributed by atoms with E-state index in [1.165, 1.54) is 0 Å². The number of ether oxygens (including phenoxy) is 2. The number of carbonyl (C=O) groups is 2. The Hall–Kier alpha value is -4.00. The molecule has 0 saturated heterocycles. The van der Waals surface area contributed by atoms with Crippen molar-refractivity contribution < 1.29 is 19.1 Å². The average molecular weight is 417 g/mol. The Morgan fingerprint density at radius 2 is 1.81 bits per heavy atom. The molecular weight excluding hydrogens is 394 g/mol. The number of hydrogen-bond donors (Lipinski definition) is 2. The monoisotopic (exact) mass is 417 g/mol. The van der Waals surface area contributed by atoms with Crippen LogP contribution in [0.5, 0.6) is 11.5 Å². The number of nitrogens with one attached hydrogen (secondary N) is 2. The zero-order valence-corrected chi connectivity index (χ0v) is 17.1. The molecule has 158 valence electrons. The van der Waals surface area contributed by atoms with Gasteiger partial charge in [-0.3, -0.25) is 4.79 Å². The molecule has 1 aliphatic heterocycles. The molecule has 0 radical (unpaired) electrons. The zero-order valence-electron chi connectivity index (χ0n) is 17.1. The molecule has 0 bridgehead atoms. The second-order valence-corrected chi connectivity index (χ2v) is 7.13. The fourth-order valence-corrected chi connectivity index (χ4v) is 3.30. The van der Waals surface area contributed by atoms with Crippen LogP contribution in [0.4, 0.5) is 21.9 Å². The van der Waals surface area contributed by atoms with E-state index in [4.69, 9.17) is 9.47 Å². The number of benzene rings is 3. The number of hydrogen-bond acceptors (Lipinski definition) is 4. The van der Waals surface area contributed by atoms with Crippen molar-refractivity contribution in [1.82, 2.24) is 0 Å². The number of nitrogens with zero attached hydrogens (tertiary/aromatic N) is 1. The third kappa shape index (κ3) is 5.14. The predicted molar refractivity (Wildman–Crippen MR) is 120 cm³/mol. The number of amides is 3. The van der Waals surface area contributed by atoms with Crippen LogP contribution in [0.25, 0.3) is 0 Å². The summed E-state index contributed by atoms with van der Waals surface area (Å²) in [5, 5.41) is 5.54. The fourth-order valence-electron chi connectivity index (χ4n) is 3.30. The van der Waals surface area contributed by atoms with E-state index in [9.17, 15) is 9.59 Å². The van der Waals surface area contributed by atoms with Crippen LogP contribution in [0.1, 0.15) is 5.56 Å². The van der Waals surface area contributed by atoms with E-state index in [2.05, 4.69) is 10.6 Å².